The summed E-state index contributed by atoms with van der Waals surface area (Å²) in [6, 6.07) is 20.7. The van der Waals surface area contributed by atoms with Crippen LogP contribution < -0.4 is 15.4 Å². The van der Waals surface area contributed by atoms with E-state index in [-0.39, 0.29) is 17.5 Å². The van der Waals surface area contributed by atoms with Crippen LogP contribution in [0.3, 0.4) is 0 Å². The lowest BCUT2D eigenvalue weighted by atomic mass is 10.1. The molecule has 0 saturated carbocycles. The van der Waals surface area contributed by atoms with Crippen LogP contribution in [0.4, 0.5) is 15.8 Å². The molecule has 4 nitrogen and oxygen atoms in total. The van der Waals surface area contributed by atoms with Gasteiger partial charge in [-0.3, -0.25) is 9.69 Å². The molecule has 1 heterocycles. The van der Waals surface area contributed by atoms with Crippen LogP contribution in [0.2, 0.25) is 0 Å². The van der Waals surface area contributed by atoms with Gasteiger partial charge in [-0.2, -0.15) is 0 Å². The van der Waals surface area contributed by atoms with Crippen LogP contribution in [-0.2, 0) is 11.3 Å². The van der Waals surface area contributed by atoms with E-state index < -0.39 is 0 Å². The summed E-state index contributed by atoms with van der Waals surface area (Å²) < 4.78 is 19.1. The number of benzene rings is 3. The zero-order valence-electron chi connectivity index (χ0n) is 14.4. The number of carbonyl (C=O) groups excluding carboxylic acids is 1. The van der Waals surface area contributed by atoms with Gasteiger partial charge in [-0.15, -0.1) is 0 Å². The molecule has 0 fully saturated rings. The van der Waals surface area contributed by atoms with Crippen molar-refractivity contribution in [3.05, 3.63) is 95.5 Å². The fourth-order valence-corrected chi connectivity index (χ4v) is 2.96. The Hall–Kier alpha value is -3.60. The fraction of sp³-hybridized carbons (Fsp3) is 0.0455. The normalized spacial score (nSPS) is 14.8. The van der Waals surface area contributed by atoms with Gasteiger partial charge in [0, 0.05) is 11.8 Å². The number of ether oxygens (including phenoxy) is 1. The molecule has 3 aromatic carbocycles. The summed E-state index contributed by atoms with van der Waals surface area (Å²) in [5, 5.41) is 0. The molecule has 0 spiro atoms. The van der Waals surface area contributed by atoms with Crippen molar-refractivity contribution >= 4 is 23.4 Å². The molecule has 0 radical (unpaired) electrons. The maximum Gasteiger partial charge on any atom is 0.294 e. The van der Waals surface area contributed by atoms with Gasteiger partial charge in [0.1, 0.15) is 5.82 Å². The fourth-order valence-electron chi connectivity index (χ4n) is 2.96. The second-order valence-corrected chi connectivity index (χ2v) is 6.27. The highest BCUT2D eigenvalue weighted by molar-refractivity contribution is 6.09. The highest BCUT2D eigenvalue weighted by atomic mass is 19.1. The number of halogens is 1. The van der Waals surface area contributed by atoms with Crippen molar-refractivity contribution in [2.75, 3.05) is 10.6 Å². The maximum absolute atomic E-state index is 13.2. The molecule has 0 unspecified atom stereocenters. The molecule has 27 heavy (non-hydrogen) atoms. The molecule has 1 amide bonds. The molecule has 134 valence electrons. The lowest BCUT2D eigenvalue weighted by molar-refractivity contribution is -0.117. The number of nitrogens with two attached hydrogens (primary N) is 1. The first-order valence-corrected chi connectivity index (χ1v) is 8.50. The van der Waals surface area contributed by atoms with Crippen LogP contribution in [0, 0.1) is 5.82 Å². The lowest BCUT2D eigenvalue weighted by Crippen LogP contribution is -2.36. The van der Waals surface area contributed by atoms with E-state index in [9.17, 15) is 9.18 Å². The minimum absolute atomic E-state index is 0.210. The molecular weight excluding hydrogens is 343 g/mol. The van der Waals surface area contributed by atoms with Crippen molar-refractivity contribution in [1.29, 1.82) is 0 Å². The largest absolute Gasteiger partial charge is 0.449 e. The van der Waals surface area contributed by atoms with Crippen LogP contribution in [0.5, 0.6) is 5.75 Å². The van der Waals surface area contributed by atoms with Gasteiger partial charge in [-0.1, -0.05) is 42.5 Å². The molecule has 0 atom stereocenters. The highest BCUT2D eigenvalue weighted by Gasteiger charge is 2.30. The number of hydrogen-bond acceptors (Lipinski definition) is 3. The van der Waals surface area contributed by atoms with E-state index in [2.05, 4.69) is 0 Å². The molecule has 3 aromatic rings. The molecule has 2 N–H and O–H groups in total. The molecule has 4 rings (SSSR count). The smallest absolute Gasteiger partial charge is 0.294 e. The summed E-state index contributed by atoms with van der Waals surface area (Å²) >= 11 is 0. The molecule has 1 aliphatic heterocycles. The number of rotatable bonds is 3. The second-order valence-electron chi connectivity index (χ2n) is 6.27. The van der Waals surface area contributed by atoms with Crippen molar-refractivity contribution in [2.45, 2.75) is 6.54 Å². The van der Waals surface area contributed by atoms with Gasteiger partial charge >= 0.3 is 0 Å². The molecular formula is C22H17FN2O2. The highest BCUT2D eigenvalue weighted by Crippen LogP contribution is 2.38. The van der Waals surface area contributed by atoms with Gasteiger partial charge in [0.25, 0.3) is 5.91 Å². The first-order chi connectivity index (χ1) is 13.1. The van der Waals surface area contributed by atoms with Gasteiger partial charge in [-0.05, 0) is 41.5 Å². The molecule has 0 aromatic heterocycles. The Labute approximate surface area is 156 Å². The molecule has 5 heteroatoms. The average molecular weight is 360 g/mol. The number of hydrogen-bond donors (Lipinski definition) is 1. The third-order valence-corrected chi connectivity index (χ3v) is 4.30. The maximum atomic E-state index is 13.2. The van der Waals surface area contributed by atoms with Gasteiger partial charge < -0.3 is 10.5 Å². The van der Waals surface area contributed by atoms with E-state index in [4.69, 9.17) is 10.5 Å². The Morgan fingerprint density at radius 1 is 1.00 bits per heavy atom. The number of fused-ring (bicyclic) bond motifs is 1. The zero-order chi connectivity index (χ0) is 18.8. The Bertz CT molecular complexity index is 1010. The van der Waals surface area contributed by atoms with Gasteiger partial charge in [0.2, 0.25) is 0 Å². The quantitative estimate of drug-likeness (QED) is 0.557. The first kappa shape index (κ1) is 16.8. The lowest BCUT2D eigenvalue weighted by Gasteiger charge is -2.31. The predicted molar refractivity (Wildman–Crippen MR) is 103 cm³/mol. The van der Waals surface area contributed by atoms with E-state index in [1.807, 2.05) is 30.3 Å². The number of nitrogen functional groups attached to an aromatic ring is 1. The SMILES string of the molecule is Nc1ccc2c(c1)O/C(=C/c1ccccc1)C(=O)N2Cc1ccc(F)cc1. The van der Waals surface area contributed by atoms with Gasteiger partial charge in [-0.25, -0.2) is 4.39 Å². The van der Waals surface area contributed by atoms with Crippen molar-refractivity contribution < 1.29 is 13.9 Å². The Morgan fingerprint density at radius 3 is 2.48 bits per heavy atom. The van der Waals surface area contributed by atoms with E-state index in [1.54, 1.807) is 41.3 Å². The van der Waals surface area contributed by atoms with Crippen LogP contribution >= 0.6 is 0 Å². The first-order valence-electron chi connectivity index (χ1n) is 8.50. The van der Waals surface area contributed by atoms with E-state index in [1.165, 1.54) is 12.1 Å². The van der Waals surface area contributed by atoms with Crippen LogP contribution in [-0.4, -0.2) is 5.91 Å². The van der Waals surface area contributed by atoms with Crippen LogP contribution in [0.25, 0.3) is 6.08 Å². The summed E-state index contributed by atoms with van der Waals surface area (Å²) in [6.45, 7) is 0.297. The Morgan fingerprint density at radius 2 is 1.74 bits per heavy atom. The van der Waals surface area contributed by atoms with Gasteiger partial charge in [0.05, 0.1) is 12.2 Å². The summed E-state index contributed by atoms with van der Waals surface area (Å²) in [5.41, 5.74) is 8.73. The second kappa shape index (κ2) is 6.96. The van der Waals surface area contributed by atoms with Crippen molar-refractivity contribution in [1.82, 2.24) is 0 Å². The van der Waals surface area contributed by atoms with Crippen molar-refractivity contribution in [3.63, 3.8) is 0 Å². The molecule has 0 bridgehead atoms. The standard InChI is InChI=1S/C22H17FN2O2/c23-17-8-6-16(7-9-17)14-25-19-11-10-18(24)13-20(19)27-21(22(25)26)12-15-4-2-1-3-5-15/h1-13H,14,24H2/b21-12+. The summed E-state index contributed by atoms with van der Waals surface area (Å²) in [7, 11) is 0. The monoisotopic (exact) mass is 360 g/mol. The molecule has 0 aliphatic carbocycles. The average Bonchev–Trinajstić information content (AvgIpc) is 2.67. The summed E-state index contributed by atoms with van der Waals surface area (Å²) in [5.74, 6) is 0.144. The number of nitrogens with zero attached hydrogens (tertiary/aromatic N) is 1. The van der Waals surface area contributed by atoms with Crippen molar-refractivity contribution in [3.8, 4) is 5.75 Å². The Kier molecular flexibility index (Phi) is 4.34. The number of amides is 1. The Balaban J connectivity index is 1.75. The molecule has 0 saturated heterocycles. The third kappa shape index (κ3) is 3.53. The summed E-state index contributed by atoms with van der Waals surface area (Å²) in [4.78, 5) is 14.7. The summed E-state index contributed by atoms with van der Waals surface area (Å²) in [6.07, 6.45) is 1.70. The topological polar surface area (TPSA) is 55.6 Å². The van der Waals surface area contributed by atoms with Gasteiger partial charge in [0.15, 0.2) is 11.5 Å². The molecule has 1 aliphatic rings. The zero-order valence-corrected chi connectivity index (χ0v) is 14.4. The van der Waals surface area contributed by atoms with Crippen LogP contribution in [0.15, 0.2) is 78.6 Å². The third-order valence-electron chi connectivity index (χ3n) is 4.30. The minimum atomic E-state index is -0.315. The number of carbonyl (C=O) groups is 1. The van der Waals surface area contributed by atoms with E-state index in [0.29, 0.717) is 23.7 Å². The van der Waals surface area contributed by atoms with Crippen molar-refractivity contribution in [2.24, 2.45) is 0 Å². The van der Waals surface area contributed by atoms with E-state index >= 15 is 0 Å². The van der Waals surface area contributed by atoms with Crippen LogP contribution in [0.1, 0.15) is 11.1 Å². The minimum Gasteiger partial charge on any atom is -0.449 e. The number of anilines is 2. The van der Waals surface area contributed by atoms with E-state index in [0.717, 1.165) is 11.1 Å². The predicted octanol–water partition coefficient (Wildman–Crippen LogP) is 4.37.